The van der Waals surface area contributed by atoms with Gasteiger partial charge < -0.3 is 20.1 Å². The van der Waals surface area contributed by atoms with E-state index in [0.29, 0.717) is 18.3 Å². The standard InChI is InChI=1S/C21H31N7OS/c1-30-21-26-25-19(28(21)17-7-2-3-8-17)9-6-12-22-20(29)24-16-10-11-18(23-15-16)27-13-4-5-14-27/h10-11,15,17H,2-9,12-14H2,1H3,(H2,22,24,29). The van der Waals surface area contributed by atoms with Crippen molar-refractivity contribution >= 4 is 29.3 Å². The molecule has 1 aliphatic heterocycles. The van der Waals surface area contributed by atoms with Crippen LogP contribution in [-0.2, 0) is 6.42 Å². The molecule has 0 bridgehead atoms. The highest BCUT2D eigenvalue weighted by molar-refractivity contribution is 7.98. The Morgan fingerprint density at radius 3 is 2.67 bits per heavy atom. The second-order valence-electron chi connectivity index (χ2n) is 7.99. The quantitative estimate of drug-likeness (QED) is 0.489. The van der Waals surface area contributed by atoms with E-state index in [9.17, 15) is 4.79 Å². The fourth-order valence-electron chi connectivity index (χ4n) is 4.36. The smallest absolute Gasteiger partial charge is 0.319 e. The summed E-state index contributed by atoms with van der Waals surface area (Å²) in [5.74, 6) is 2.02. The van der Waals surface area contributed by atoms with Gasteiger partial charge in [0, 0.05) is 32.1 Å². The molecule has 2 aromatic rings. The molecular formula is C21H31N7OS. The second kappa shape index (κ2) is 10.1. The second-order valence-corrected chi connectivity index (χ2v) is 8.77. The van der Waals surface area contributed by atoms with Crippen molar-refractivity contribution in [2.75, 3.05) is 36.1 Å². The molecule has 2 aliphatic rings. The van der Waals surface area contributed by atoms with Gasteiger partial charge in [0.25, 0.3) is 0 Å². The SMILES string of the molecule is CSc1nnc(CCCNC(=O)Nc2ccc(N3CCCC3)nc2)n1C1CCCC1. The number of pyridine rings is 1. The van der Waals surface area contributed by atoms with Crippen LogP contribution in [0, 0.1) is 0 Å². The van der Waals surface area contributed by atoms with Crippen LogP contribution < -0.4 is 15.5 Å². The van der Waals surface area contributed by atoms with Gasteiger partial charge in [0.2, 0.25) is 0 Å². The maximum atomic E-state index is 12.2. The number of amides is 2. The topological polar surface area (TPSA) is 88.0 Å². The molecule has 1 saturated carbocycles. The van der Waals surface area contributed by atoms with Crippen LogP contribution in [0.15, 0.2) is 23.5 Å². The zero-order valence-electron chi connectivity index (χ0n) is 17.6. The van der Waals surface area contributed by atoms with Crippen LogP contribution in [-0.4, -0.2) is 51.7 Å². The number of carbonyl (C=O) groups excluding carboxylic acids is 1. The van der Waals surface area contributed by atoms with Crippen molar-refractivity contribution in [3.05, 3.63) is 24.2 Å². The minimum Gasteiger partial charge on any atom is -0.357 e. The minimum absolute atomic E-state index is 0.201. The van der Waals surface area contributed by atoms with Gasteiger partial charge in [-0.1, -0.05) is 24.6 Å². The predicted molar refractivity (Wildman–Crippen MR) is 120 cm³/mol. The van der Waals surface area contributed by atoms with Crippen LogP contribution >= 0.6 is 11.8 Å². The Balaban J connectivity index is 1.22. The summed E-state index contributed by atoms with van der Waals surface area (Å²) in [5, 5.41) is 15.6. The van der Waals surface area contributed by atoms with Crippen LogP contribution in [0.4, 0.5) is 16.3 Å². The molecule has 4 rings (SSSR count). The van der Waals surface area contributed by atoms with E-state index < -0.39 is 0 Å². The summed E-state index contributed by atoms with van der Waals surface area (Å²) in [6, 6.07) is 4.21. The molecule has 0 spiro atoms. The number of nitrogens with one attached hydrogen (secondary N) is 2. The number of carbonyl (C=O) groups is 1. The first kappa shape index (κ1) is 21.0. The number of anilines is 2. The summed E-state index contributed by atoms with van der Waals surface area (Å²) >= 11 is 1.66. The largest absolute Gasteiger partial charge is 0.357 e. The zero-order valence-corrected chi connectivity index (χ0v) is 18.5. The Labute approximate surface area is 182 Å². The first-order valence-electron chi connectivity index (χ1n) is 11.0. The van der Waals surface area contributed by atoms with Crippen molar-refractivity contribution in [3.63, 3.8) is 0 Å². The molecule has 0 unspecified atom stereocenters. The third-order valence-corrected chi connectivity index (χ3v) is 6.55. The molecule has 0 radical (unpaired) electrons. The maximum Gasteiger partial charge on any atom is 0.319 e. The fraction of sp³-hybridized carbons (Fsp3) is 0.619. The Kier molecular flexibility index (Phi) is 7.09. The van der Waals surface area contributed by atoms with Crippen LogP contribution in [0.25, 0.3) is 0 Å². The molecule has 0 atom stereocenters. The number of rotatable bonds is 8. The Bertz CT molecular complexity index is 826. The number of thioether (sulfide) groups is 1. The number of aromatic nitrogens is 4. The van der Waals surface area contributed by atoms with Gasteiger partial charge in [-0.25, -0.2) is 9.78 Å². The third kappa shape index (κ3) is 5.06. The predicted octanol–water partition coefficient (Wildman–Crippen LogP) is 3.86. The van der Waals surface area contributed by atoms with Crippen LogP contribution in [0.2, 0.25) is 0 Å². The molecule has 9 heteroatoms. The van der Waals surface area contributed by atoms with E-state index in [0.717, 1.165) is 42.7 Å². The Hall–Kier alpha value is -2.29. The third-order valence-electron chi connectivity index (χ3n) is 5.91. The van der Waals surface area contributed by atoms with Gasteiger partial charge >= 0.3 is 6.03 Å². The van der Waals surface area contributed by atoms with Crippen molar-refractivity contribution in [2.24, 2.45) is 0 Å². The number of hydrogen-bond acceptors (Lipinski definition) is 6. The summed E-state index contributed by atoms with van der Waals surface area (Å²) in [6.45, 7) is 2.72. The van der Waals surface area contributed by atoms with E-state index in [1.807, 2.05) is 12.1 Å². The summed E-state index contributed by atoms with van der Waals surface area (Å²) in [4.78, 5) is 18.9. The van der Waals surface area contributed by atoms with Crippen LogP contribution in [0.1, 0.15) is 56.8 Å². The molecule has 2 fully saturated rings. The van der Waals surface area contributed by atoms with Gasteiger partial charge in [-0.2, -0.15) is 0 Å². The van der Waals surface area contributed by atoms with Gasteiger partial charge in [-0.3, -0.25) is 0 Å². The number of urea groups is 1. The lowest BCUT2D eigenvalue weighted by atomic mass is 10.2. The summed E-state index contributed by atoms with van der Waals surface area (Å²) in [5.41, 5.74) is 0.709. The zero-order chi connectivity index (χ0) is 20.8. The fourth-order valence-corrected chi connectivity index (χ4v) is 4.94. The molecule has 8 nitrogen and oxygen atoms in total. The average molecular weight is 430 g/mol. The molecule has 1 saturated heterocycles. The summed E-state index contributed by atoms with van der Waals surface area (Å²) in [7, 11) is 0. The maximum absolute atomic E-state index is 12.2. The summed E-state index contributed by atoms with van der Waals surface area (Å²) < 4.78 is 2.32. The number of nitrogens with zero attached hydrogens (tertiary/aromatic N) is 5. The lowest BCUT2D eigenvalue weighted by Gasteiger charge is -2.16. The highest BCUT2D eigenvalue weighted by Gasteiger charge is 2.23. The monoisotopic (exact) mass is 429 g/mol. The first-order chi connectivity index (χ1) is 14.7. The molecular weight excluding hydrogens is 398 g/mol. The number of aryl methyl sites for hydroxylation is 1. The van der Waals surface area contributed by atoms with Gasteiger partial charge in [0.1, 0.15) is 11.6 Å². The first-order valence-corrected chi connectivity index (χ1v) is 12.2. The van der Waals surface area contributed by atoms with Gasteiger partial charge in [-0.15, -0.1) is 10.2 Å². The van der Waals surface area contributed by atoms with Crippen molar-refractivity contribution in [1.82, 2.24) is 25.1 Å². The van der Waals surface area contributed by atoms with Gasteiger partial charge in [-0.05, 0) is 50.5 Å². The Morgan fingerprint density at radius 2 is 1.97 bits per heavy atom. The highest BCUT2D eigenvalue weighted by Crippen LogP contribution is 2.33. The van der Waals surface area contributed by atoms with E-state index in [2.05, 4.69) is 41.5 Å². The normalized spacial score (nSPS) is 16.9. The van der Waals surface area contributed by atoms with E-state index in [4.69, 9.17) is 0 Å². The minimum atomic E-state index is -0.201. The molecule has 0 aromatic carbocycles. The lowest BCUT2D eigenvalue weighted by Crippen LogP contribution is -2.30. The lowest BCUT2D eigenvalue weighted by molar-refractivity contribution is 0.252. The van der Waals surface area contributed by atoms with Crippen molar-refractivity contribution in [1.29, 1.82) is 0 Å². The van der Waals surface area contributed by atoms with E-state index in [1.54, 1.807) is 18.0 Å². The van der Waals surface area contributed by atoms with Crippen molar-refractivity contribution < 1.29 is 4.79 Å². The molecule has 2 amide bonds. The van der Waals surface area contributed by atoms with Crippen molar-refractivity contribution in [3.8, 4) is 0 Å². The highest BCUT2D eigenvalue weighted by atomic mass is 32.2. The van der Waals surface area contributed by atoms with Gasteiger partial charge in [0.15, 0.2) is 5.16 Å². The van der Waals surface area contributed by atoms with E-state index in [1.165, 1.54) is 38.5 Å². The van der Waals surface area contributed by atoms with E-state index in [-0.39, 0.29) is 6.03 Å². The molecule has 30 heavy (non-hydrogen) atoms. The van der Waals surface area contributed by atoms with Crippen LogP contribution in [0.5, 0.6) is 0 Å². The van der Waals surface area contributed by atoms with Gasteiger partial charge in [0.05, 0.1) is 11.9 Å². The molecule has 2 N–H and O–H groups in total. The average Bonchev–Trinajstić information content (AvgIpc) is 3.53. The molecule has 162 valence electrons. The summed E-state index contributed by atoms with van der Waals surface area (Å²) in [6.07, 6.45) is 12.9. The number of hydrogen-bond donors (Lipinski definition) is 2. The molecule has 1 aliphatic carbocycles. The van der Waals surface area contributed by atoms with E-state index >= 15 is 0 Å². The molecule has 3 heterocycles. The molecule has 2 aromatic heterocycles. The Morgan fingerprint density at radius 1 is 1.17 bits per heavy atom. The van der Waals surface area contributed by atoms with Crippen LogP contribution in [0.3, 0.4) is 0 Å². The van der Waals surface area contributed by atoms with Crippen molar-refractivity contribution in [2.45, 2.75) is 62.6 Å².